The second-order valence-corrected chi connectivity index (χ2v) is 8.73. The van der Waals surface area contributed by atoms with E-state index in [9.17, 15) is 4.79 Å². The van der Waals surface area contributed by atoms with Gasteiger partial charge in [-0.05, 0) is 76.1 Å². The molecule has 1 atom stereocenters. The van der Waals surface area contributed by atoms with Crippen LogP contribution in [0.25, 0.3) is 5.69 Å². The van der Waals surface area contributed by atoms with E-state index < -0.39 is 0 Å². The minimum absolute atomic E-state index is 0.113. The van der Waals surface area contributed by atoms with Gasteiger partial charge in [-0.1, -0.05) is 24.3 Å². The van der Waals surface area contributed by atoms with E-state index in [1.165, 1.54) is 22.9 Å². The molecule has 3 rings (SSSR count). The molecular weight excluding hydrogens is 378 g/mol. The highest BCUT2D eigenvalue weighted by Gasteiger charge is 2.14. The lowest BCUT2D eigenvalue weighted by Crippen LogP contribution is -2.26. The predicted octanol–water partition coefficient (Wildman–Crippen LogP) is 5.34. The number of aryl methyl sites for hydroxylation is 3. The van der Waals surface area contributed by atoms with Gasteiger partial charge in [0.15, 0.2) is 0 Å². The van der Waals surface area contributed by atoms with Gasteiger partial charge in [0.1, 0.15) is 0 Å². The van der Waals surface area contributed by atoms with Gasteiger partial charge in [0.2, 0.25) is 0 Å². The van der Waals surface area contributed by atoms with Crippen molar-refractivity contribution in [3.05, 3.63) is 82.7 Å². The fraction of sp³-hybridized carbons (Fsp3) is 0.250. The zero-order valence-corrected chi connectivity index (χ0v) is 18.4. The molecule has 0 saturated carbocycles. The van der Waals surface area contributed by atoms with Gasteiger partial charge in [0, 0.05) is 27.5 Å². The van der Waals surface area contributed by atoms with E-state index in [0.717, 1.165) is 27.5 Å². The molecule has 0 radical (unpaired) electrons. The molecule has 0 aliphatic heterocycles. The summed E-state index contributed by atoms with van der Waals surface area (Å²) in [6.45, 7) is 10.3. The molecule has 0 bridgehead atoms. The smallest absolute Gasteiger partial charge is 0.253 e. The summed E-state index contributed by atoms with van der Waals surface area (Å²) < 4.78 is 2.22. The number of nitrogens with zero attached hydrogens (tertiary/aromatic N) is 2. The molecule has 0 spiro atoms. The van der Waals surface area contributed by atoms with Gasteiger partial charge in [-0.25, -0.2) is 5.43 Å². The fourth-order valence-corrected chi connectivity index (χ4v) is 4.29. The molecule has 1 N–H and O–H groups in total. The van der Waals surface area contributed by atoms with Gasteiger partial charge >= 0.3 is 0 Å². The minimum Gasteiger partial charge on any atom is -0.318 e. The lowest BCUT2D eigenvalue weighted by atomic mass is 10.1. The van der Waals surface area contributed by atoms with Crippen LogP contribution in [0.5, 0.6) is 0 Å². The highest BCUT2D eigenvalue weighted by Crippen LogP contribution is 2.23. The van der Waals surface area contributed by atoms with Gasteiger partial charge < -0.3 is 4.57 Å². The first-order valence-corrected chi connectivity index (χ1v) is 10.6. The quantitative estimate of drug-likeness (QED) is 0.342. The normalized spacial score (nSPS) is 12.3. The number of thioether (sulfide) groups is 1. The van der Waals surface area contributed by atoms with E-state index in [1.54, 1.807) is 6.21 Å². The van der Waals surface area contributed by atoms with Crippen LogP contribution in [0.2, 0.25) is 0 Å². The molecule has 29 heavy (non-hydrogen) atoms. The number of rotatable bonds is 6. The first-order chi connectivity index (χ1) is 13.8. The summed E-state index contributed by atoms with van der Waals surface area (Å²) in [5, 5.41) is 3.97. The van der Waals surface area contributed by atoms with E-state index in [0.29, 0.717) is 0 Å². The van der Waals surface area contributed by atoms with Gasteiger partial charge in [-0.2, -0.15) is 5.10 Å². The summed E-state index contributed by atoms with van der Waals surface area (Å²) in [5.41, 5.74) is 9.50. The van der Waals surface area contributed by atoms with Gasteiger partial charge in [0.25, 0.3) is 5.91 Å². The number of benzene rings is 2. The highest BCUT2D eigenvalue weighted by molar-refractivity contribution is 8.00. The zero-order chi connectivity index (χ0) is 21.0. The van der Waals surface area contributed by atoms with Gasteiger partial charge in [-0.3, -0.25) is 4.79 Å². The van der Waals surface area contributed by atoms with Crippen molar-refractivity contribution < 1.29 is 4.79 Å². The number of nitrogens with one attached hydrogen (secondary N) is 1. The Kier molecular flexibility index (Phi) is 6.60. The first kappa shape index (κ1) is 20.9. The second kappa shape index (κ2) is 9.14. The molecule has 150 valence electrons. The Hall–Kier alpha value is -2.79. The summed E-state index contributed by atoms with van der Waals surface area (Å²) in [7, 11) is 0. The summed E-state index contributed by atoms with van der Waals surface area (Å²) in [4.78, 5) is 13.4. The number of carbonyl (C=O) groups is 1. The van der Waals surface area contributed by atoms with Crippen LogP contribution >= 0.6 is 11.8 Å². The maximum Gasteiger partial charge on any atom is 0.253 e. The SMILES string of the molecule is Cc1cc(C)cc(-n2c(C)cc(/C=N\NC(=O)[C@H](C)Sc3ccccc3)c2C)c1. The number of aromatic nitrogens is 1. The van der Waals surface area contributed by atoms with Crippen molar-refractivity contribution in [3.63, 3.8) is 0 Å². The Morgan fingerprint density at radius 2 is 1.69 bits per heavy atom. The molecule has 4 nitrogen and oxygen atoms in total. The Bertz CT molecular complexity index is 1020. The van der Waals surface area contributed by atoms with E-state index in [2.05, 4.69) is 67.1 Å². The molecule has 1 heterocycles. The van der Waals surface area contributed by atoms with Crippen LogP contribution in [0.3, 0.4) is 0 Å². The van der Waals surface area contributed by atoms with Crippen molar-refractivity contribution in [2.45, 2.75) is 44.8 Å². The molecule has 0 saturated heterocycles. The number of hydrogen-bond donors (Lipinski definition) is 1. The highest BCUT2D eigenvalue weighted by atomic mass is 32.2. The van der Waals surface area contributed by atoms with Crippen LogP contribution in [-0.2, 0) is 4.79 Å². The number of amides is 1. The Morgan fingerprint density at radius 1 is 1.03 bits per heavy atom. The third kappa shape index (κ3) is 5.18. The van der Waals surface area contributed by atoms with Crippen LogP contribution in [0, 0.1) is 27.7 Å². The lowest BCUT2D eigenvalue weighted by molar-refractivity contribution is -0.120. The molecule has 2 aromatic carbocycles. The average molecular weight is 406 g/mol. The molecule has 0 aliphatic carbocycles. The third-order valence-corrected chi connectivity index (χ3v) is 5.85. The van der Waals surface area contributed by atoms with Crippen molar-refractivity contribution in [1.29, 1.82) is 0 Å². The molecule has 1 aromatic heterocycles. The predicted molar refractivity (Wildman–Crippen MR) is 122 cm³/mol. The molecule has 0 aliphatic rings. The molecule has 3 aromatic rings. The summed E-state index contributed by atoms with van der Waals surface area (Å²) >= 11 is 1.52. The van der Waals surface area contributed by atoms with Crippen molar-refractivity contribution >= 4 is 23.9 Å². The Morgan fingerprint density at radius 3 is 2.34 bits per heavy atom. The van der Waals surface area contributed by atoms with E-state index >= 15 is 0 Å². The van der Waals surface area contributed by atoms with Crippen LogP contribution in [0.1, 0.15) is 35.0 Å². The lowest BCUT2D eigenvalue weighted by Gasteiger charge is -2.12. The van der Waals surface area contributed by atoms with Gasteiger partial charge in [-0.15, -0.1) is 11.8 Å². The first-order valence-electron chi connectivity index (χ1n) is 9.67. The summed E-state index contributed by atoms with van der Waals surface area (Å²) in [5.74, 6) is -0.113. The number of hydrogen-bond acceptors (Lipinski definition) is 3. The van der Waals surface area contributed by atoms with E-state index in [1.807, 2.05) is 37.3 Å². The van der Waals surface area contributed by atoms with Crippen molar-refractivity contribution in [3.8, 4) is 5.69 Å². The van der Waals surface area contributed by atoms with Crippen molar-refractivity contribution in [1.82, 2.24) is 9.99 Å². The second-order valence-electron chi connectivity index (χ2n) is 7.32. The van der Waals surface area contributed by atoms with Crippen LogP contribution in [0.15, 0.2) is 64.6 Å². The minimum atomic E-state index is -0.225. The number of carbonyl (C=O) groups excluding carboxylic acids is 1. The average Bonchev–Trinajstić information content (AvgIpc) is 2.95. The Labute approximate surface area is 177 Å². The Balaban J connectivity index is 1.70. The molecular formula is C24H27N3OS. The fourth-order valence-electron chi connectivity index (χ4n) is 3.41. The van der Waals surface area contributed by atoms with Crippen LogP contribution < -0.4 is 5.43 Å². The topological polar surface area (TPSA) is 46.4 Å². The van der Waals surface area contributed by atoms with Crippen molar-refractivity contribution in [2.24, 2.45) is 5.10 Å². The maximum absolute atomic E-state index is 12.3. The third-order valence-electron chi connectivity index (χ3n) is 4.74. The van der Waals surface area contributed by atoms with Crippen LogP contribution in [0.4, 0.5) is 0 Å². The van der Waals surface area contributed by atoms with E-state index in [-0.39, 0.29) is 11.2 Å². The number of hydrazone groups is 1. The monoisotopic (exact) mass is 405 g/mol. The van der Waals surface area contributed by atoms with Crippen molar-refractivity contribution in [2.75, 3.05) is 0 Å². The summed E-state index contributed by atoms with van der Waals surface area (Å²) in [6, 6.07) is 18.5. The van der Waals surface area contributed by atoms with Crippen LogP contribution in [-0.4, -0.2) is 21.9 Å². The molecule has 0 unspecified atom stereocenters. The zero-order valence-electron chi connectivity index (χ0n) is 17.6. The van der Waals surface area contributed by atoms with E-state index in [4.69, 9.17) is 0 Å². The largest absolute Gasteiger partial charge is 0.318 e. The van der Waals surface area contributed by atoms with Gasteiger partial charge in [0.05, 0.1) is 11.5 Å². The molecule has 0 fully saturated rings. The summed E-state index contributed by atoms with van der Waals surface area (Å²) in [6.07, 6.45) is 1.72. The standard InChI is InChI=1S/C24H27N3OS/c1-16-11-17(2)13-22(12-16)27-18(3)14-21(19(27)4)15-25-26-24(28)20(5)29-23-9-7-6-8-10-23/h6-15,20H,1-5H3,(H,26,28)/b25-15-/t20-/m0/s1. The maximum atomic E-state index is 12.3. The molecule has 1 amide bonds. The molecule has 5 heteroatoms.